The number of aliphatic hydroxyl groups is 1. The van der Waals surface area contributed by atoms with E-state index < -0.39 is 0 Å². The van der Waals surface area contributed by atoms with Gasteiger partial charge < -0.3 is 14.6 Å². The minimum absolute atomic E-state index is 0.112. The zero-order valence-electron chi connectivity index (χ0n) is 9.07. The second-order valence-electron chi connectivity index (χ2n) is 2.90. The highest BCUT2D eigenvalue weighted by Crippen LogP contribution is 2.29. The highest BCUT2D eigenvalue weighted by molar-refractivity contribution is 5.58. The zero-order valence-corrected chi connectivity index (χ0v) is 9.07. The van der Waals surface area contributed by atoms with Gasteiger partial charge in [0.25, 0.3) is 0 Å². The Labute approximate surface area is 94.0 Å². The van der Waals surface area contributed by atoms with Crippen molar-refractivity contribution in [2.24, 2.45) is 0 Å². The summed E-state index contributed by atoms with van der Waals surface area (Å²) in [4.78, 5) is 0. The summed E-state index contributed by atoms with van der Waals surface area (Å²) in [7, 11) is 2.99. The lowest BCUT2D eigenvalue weighted by Gasteiger charge is -2.10. The highest BCUT2D eigenvalue weighted by atomic mass is 16.5. The van der Waals surface area contributed by atoms with Crippen LogP contribution in [0.15, 0.2) is 12.1 Å². The predicted molar refractivity (Wildman–Crippen MR) is 58.0 cm³/mol. The molecule has 0 aromatic heterocycles. The summed E-state index contributed by atoms with van der Waals surface area (Å²) >= 11 is 0. The number of hydrogen-bond acceptors (Lipinski definition) is 4. The lowest BCUT2D eigenvalue weighted by atomic mass is 10.1. The van der Waals surface area contributed by atoms with Gasteiger partial charge in [-0.1, -0.05) is 0 Å². The third-order valence-electron chi connectivity index (χ3n) is 1.99. The SMILES string of the molecule is COc1cc(CO)cc(OC)c1C#CC#N. The summed E-state index contributed by atoms with van der Waals surface area (Å²) in [6, 6.07) is 5.04. The smallest absolute Gasteiger partial charge is 0.152 e. The van der Waals surface area contributed by atoms with Gasteiger partial charge in [-0.15, -0.1) is 0 Å². The predicted octanol–water partition coefficient (Wildman–Crippen LogP) is 1.07. The van der Waals surface area contributed by atoms with E-state index >= 15 is 0 Å². The van der Waals surface area contributed by atoms with Crippen molar-refractivity contribution in [1.82, 2.24) is 0 Å². The molecule has 1 rings (SSSR count). The van der Waals surface area contributed by atoms with Gasteiger partial charge in [0.1, 0.15) is 17.1 Å². The molecule has 4 heteroatoms. The van der Waals surface area contributed by atoms with E-state index in [1.165, 1.54) is 14.2 Å². The number of aliphatic hydroxyl groups excluding tert-OH is 1. The van der Waals surface area contributed by atoms with Crippen molar-refractivity contribution in [1.29, 1.82) is 5.26 Å². The van der Waals surface area contributed by atoms with E-state index in [0.717, 1.165) is 0 Å². The summed E-state index contributed by atoms with van der Waals surface area (Å²) < 4.78 is 10.2. The van der Waals surface area contributed by atoms with E-state index in [-0.39, 0.29) is 6.61 Å². The van der Waals surface area contributed by atoms with Crippen molar-refractivity contribution in [3.8, 4) is 29.4 Å². The summed E-state index contributed by atoms with van der Waals surface area (Å²) in [5.74, 6) is 5.88. The Hall–Kier alpha value is -2.17. The zero-order chi connectivity index (χ0) is 12.0. The first-order valence-corrected chi connectivity index (χ1v) is 4.52. The number of hydrogen-bond donors (Lipinski definition) is 1. The molecule has 0 aliphatic carbocycles. The average Bonchev–Trinajstić information content (AvgIpc) is 2.35. The molecule has 0 radical (unpaired) electrons. The van der Waals surface area contributed by atoms with Crippen LogP contribution in [0.25, 0.3) is 0 Å². The second-order valence-corrected chi connectivity index (χ2v) is 2.90. The molecule has 0 aliphatic heterocycles. The highest BCUT2D eigenvalue weighted by Gasteiger charge is 2.10. The van der Waals surface area contributed by atoms with Crippen molar-refractivity contribution < 1.29 is 14.6 Å². The fraction of sp³-hybridized carbons (Fsp3) is 0.250. The van der Waals surface area contributed by atoms with Gasteiger partial charge in [0.15, 0.2) is 6.07 Å². The van der Waals surface area contributed by atoms with Crippen molar-refractivity contribution in [2.75, 3.05) is 14.2 Å². The molecule has 0 unspecified atom stereocenters. The van der Waals surface area contributed by atoms with Crippen molar-refractivity contribution in [2.45, 2.75) is 6.61 Å². The molecule has 0 fully saturated rings. The van der Waals surface area contributed by atoms with Gasteiger partial charge in [-0.05, 0) is 23.6 Å². The third-order valence-corrected chi connectivity index (χ3v) is 1.99. The van der Waals surface area contributed by atoms with Crippen molar-refractivity contribution in [3.05, 3.63) is 23.3 Å². The first-order valence-electron chi connectivity index (χ1n) is 4.52. The van der Waals surface area contributed by atoms with E-state index in [0.29, 0.717) is 22.6 Å². The summed E-state index contributed by atoms with van der Waals surface area (Å²) in [6.45, 7) is -0.112. The molecule has 82 valence electrons. The minimum atomic E-state index is -0.112. The van der Waals surface area contributed by atoms with Gasteiger partial charge in [-0.3, -0.25) is 0 Å². The Balaban J connectivity index is 3.38. The molecule has 0 heterocycles. The van der Waals surface area contributed by atoms with Gasteiger partial charge in [0, 0.05) is 5.92 Å². The molecule has 1 aromatic carbocycles. The van der Waals surface area contributed by atoms with Crippen LogP contribution in [0.1, 0.15) is 11.1 Å². The molecule has 0 aliphatic rings. The maximum Gasteiger partial charge on any atom is 0.152 e. The molecular weight excluding hydrogens is 206 g/mol. The number of nitriles is 1. The molecule has 0 amide bonds. The molecule has 0 saturated heterocycles. The van der Waals surface area contributed by atoms with E-state index in [1.807, 2.05) is 0 Å². The van der Waals surface area contributed by atoms with Crippen LogP contribution in [0.2, 0.25) is 0 Å². The van der Waals surface area contributed by atoms with Gasteiger partial charge >= 0.3 is 0 Å². The van der Waals surface area contributed by atoms with Crippen molar-refractivity contribution >= 4 is 0 Å². The normalized spacial score (nSPS) is 8.62. The topological polar surface area (TPSA) is 62.5 Å². The molecule has 4 nitrogen and oxygen atoms in total. The van der Waals surface area contributed by atoms with Gasteiger partial charge in [0.05, 0.1) is 20.8 Å². The van der Waals surface area contributed by atoms with Crippen LogP contribution < -0.4 is 9.47 Å². The van der Waals surface area contributed by atoms with Gasteiger partial charge in [-0.25, -0.2) is 0 Å². The van der Waals surface area contributed by atoms with E-state index in [4.69, 9.17) is 19.8 Å². The van der Waals surface area contributed by atoms with E-state index in [2.05, 4.69) is 11.8 Å². The second kappa shape index (κ2) is 5.65. The van der Waals surface area contributed by atoms with Crippen LogP contribution in [-0.2, 0) is 6.61 Å². The van der Waals surface area contributed by atoms with Gasteiger partial charge in [-0.2, -0.15) is 5.26 Å². The Kier molecular flexibility index (Phi) is 4.20. The van der Waals surface area contributed by atoms with Crippen LogP contribution in [0.3, 0.4) is 0 Å². The number of nitrogens with zero attached hydrogens (tertiary/aromatic N) is 1. The fourth-order valence-corrected chi connectivity index (χ4v) is 1.27. The van der Waals surface area contributed by atoms with Crippen LogP contribution in [0.4, 0.5) is 0 Å². The molecule has 1 N–H and O–H groups in total. The first-order chi connectivity index (χ1) is 7.76. The standard InChI is InChI=1S/C12H11NO3/c1-15-11-6-9(8-14)7-12(16-2)10(11)4-3-5-13/h6-7,14H,8H2,1-2H3. The average molecular weight is 217 g/mol. The van der Waals surface area contributed by atoms with Crippen molar-refractivity contribution in [3.63, 3.8) is 0 Å². The molecule has 0 atom stereocenters. The summed E-state index contributed by atoms with van der Waals surface area (Å²) in [5.41, 5.74) is 1.17. The van der Waals surface area contributed by atoms with Crippen LogP contribution in [-0.4, -0.2) is 19.3 Å². The van der Waals surface area contributed by atoms with Crippen LogP contribution in [0, 0.1) is 23.2 Å². The fourth-order valence-electron chi connectivity index (χ4n) is 1.27. The van der Waals surface area contributed by atoms with Crippen LogP contribution >= 0.6 is 0 Å². The Morgan fingerprint density at radius 2 is 1.81 bits per heavy atom. The lowest BCUT2D eigenvalue weighted by Crippen LogP contribution is -1.96. The molecule has 0 spiro atoms. The Morgan fingerprint density at radius 1 is 1.25 bits per heavy atom. The quantitative estimate of drug-likeness (QED) is 0.769. The van der Waals surface area contributed by atoms with Crippen LogP contribution in [0.5, 0.6) is 11.5 Å². The Morgan fingerprint density at radius 3 is 2.19 bits per heavy atom. The van der Waals surface area contributed by atoms with E-state index in [1.54, 1.807) is 18.2 Å². The maximum atomic E-state index is 9.04. The maximum absolute atomic E-state index is 9.04. The number of methoxy groups -OCH3 is 2. The number of rotatable bonds is 3. The monoisotopic (exact) mass is 217 g/mol. The number of benzene rings is 1. The number of ether oxygens (including phenoxy) is 2. The van der Waals surface area contributed by atoms with Gasteiger partial charge in [0.2, 0.25) is 0 Å². The summed E-state index contributed by atoms with van der Waals surface area (Å²) in [5, 5.41) is 17.5. The molecule has 1 aromatic rings. The molecular formula is C12H11NO3. The molecule has 16 heavy (non-hydrogen) atoms. The Bertz CT molecular complexity index is 452. The lowest BCUT2D eigenvalue weighted by molar-refractivity contribution is 0.280. The third kappa shape index (κ3) is 2.44. The molecule has 0 bridgehead atoms. The first kappa shape index (κ1) is 11.9. The largest absolute Gasteiger partial charge is 0.495 e. The minimum Gasteiger partial charge on any atom is -0.495 e. The molecule has 0 saturated carbocycles. The van der Waals surface area contributed by atoms with E-state index in [9.17, 15) is 0 Å². The summed E-state index contributed by atoms with van der Waals surface area (Å²) in [6.07, 6.45) is 0.